The van der Waals surface area contributed by atoms with E-state index in [-0.39, 0.29) is 0 Å². The fourth-order valence-corrected chi connectivity index (χ4v) is 1.64. The molecule has 3 heteroatoms. The highest BCUT2D eigenvalue weighted by molar-refractivity contribution is 9.10. The molecular weight excluding hydrogens is 216 g/mol. The van der Waals surface area contributed by atoms with E-state index >= 15 is 0 Å². The molecule has 2 heterocycles. The van der Waals surface area contributed by atoms with Gasteiger partial charge in [0.05, 0.1) is 0 Å². The summed E-state index contributed by atoms with van der Waals surface area (Å²) in [7, 11) is 0. The Morgan fingerprint density at radius 1 is 1.50 bits per heavy atom. The summed E-state index contributed by atoms with van der Waals surface area (Å²) in [6.45, 7) is 2.14. The number of aryl methyl sites for hydroxylation is 1. The van der Waals surface area contributed by atoms with Crippen molar-refractivity contribution in [3.8, 4) is 0 Å². The van der Waals surface area contributed by atoms with Gasteiger partial charge in [0.2, 0.25) is 0 Å². The van der Waals surface area contributed by atoms with Crippen LogP contribution in [0, 0.1) is 0 Å². The molecule has 0 saturated heterocycles. The van der Waals surface area contributed by atoms with Crippen molar-refractivity contribution in [1.29, 1.82) is 0 Å². The van der Waals surface area contributed by atoms with Gasteiger partial charge in [-0.25, -0.2) is 4.98 Å². The maximum absolute atomic E-state index is 4.31. The zero-order valence-electron chi connectivity index (χ0n) is 6.76. The Balaban J connectivity index is 2.73. The molecule has 12 heavy (non-hydrogen) atoms. The van der Waals surface area contributed by atoms with Crippen LogP contribution in [0.3, 0.4) is 0 Å². The second-order valence-electron chi connectivity index (χ2n) is 2.70. The van der Waals surface area contributed by atoms with Gasteiger partial charge in [-0.05, 0) is 40.0 Å². The first kappa shape index (κ1) is 7.80. The van der Waals surface area contributed by atoms with E-state index < -0.39 is 0 Å². The molecule has 0 spiro atoms. The van der Waals surface area contributed by atoms with Crippen molar-refractivity contribution in [1.82, 2.24) is 9.97 Å². The van der Waals surface area contributed by atoms with Crippen molar-refractivity contribution in [2.24, 2.45) is 0 Å². The number of hydrogen-bond acceptors (Lipinski definition) is 1. The smallest absolute Gasteiger partial charge is 0.138 e. The van der Waals surface area contributed by atoms with Crippen molar-refractivity contribution in [2.45, 2.75) is 13.3 Å². The molecule has 2 aromatic rings. The van der Waals surface area contributed by atoms with Crippen LogP contribution in [0.2, 0.25) is 0 Å². The monoisotopic (exact) mass is 224 g/mol. The van der Waals surface area contributed by atoms with E-state index in [0.717, 1.165) is 16.7 Å². The third kappa shape index (κ3) is 1.14. The first-order valence-electron chi connectivity index (χ1n) is 3.93. The summed E-state index contributed by atoms with van der Waals surface area (Å²) in [5.74, 6) is 0. The molecular formula is C9H9BrN2. The van der Waals surface area contributed by atoms with E-state index in [1.165, 1.54) is 10.9 Å². The van der Waals surface area contributed by atoms with Gasteiger partial charge >= 0.3 is 0 Å². The van der Waals surface area contributed by atoms with Crippen molar-refractivity contribution in [2.75, 3.05) is 0 Å². The Morgan fingerprint density at radius 3 is 3.08 bits per heavy atom. The molecule has 0 saturated carbocycles. The van der Waals surface area contributed by atoms with Gasteiger partial charge < -0.3 is 4.98 Å². The van der Waals surface area contributed by atoms with Gasteiger partial charge in [0.1, 0.15) is 10.3 Å². The molecule has 0 aliphatic carbocycles. The highest BCUT2D eigenvalue weighted by Gasteiger charge is 2.01. The van der Waals surface area contributed by atoms with Crippen LogP contribution in [-0.4, -0.2) is 9.97 Å². The summed E-state index contributed by atoms with van der Waals surface area (Å²) in [5, 5.41) is 1.22. The van der Waals surface area contributed by atoms with Crippen LogP contribution in [0.15, 0.2) is 22.9 Å². The summed E-state index contributed by atoms with van der Waals surface area (Å²) in [4.78, 5) is 7.44. The minimum absolute atomic E-state index is 0.875. The third-order valence-corrected chi connectivity index (χ3v) is 2.41. The summed E-state index contributed by atoms with van der Waals surface area (Å²) < 4.78 is 0.875. The second-order valence-corrected chi connectivity index (χ2v) is 3.51. The molecule has 2 rings (SSSR count). The SMILES string of the molecule is CCc1c[nH]c2nc(Br)ccc12. The average Bonchev–Trinajstić information content (AvgIpc) is 2.46. The van der Waals surface area contributed by atoms with Crippen molar-refractivity contribution in [3.63, 3.8) is 0 Å². The van der Waals surface area contributed by atoms with Gasteiger partial charge in [-0.3, -0.25) is 0 Å². The number of nitrogens with one attached hydrogen (secondary N) is 1. The number of aromatic nitrogens is 2. The molecule has 0 aromatic carbocycles. The van der Waals surface area contributed by atoms with E-state index in [0.29, 0.717) is 0 Å². The lowest BCUT2D eigenvalue weighted by molar-refractivity contribution is 1.15. The van der Waals surface area contributed by atoms with E-state index in [4.69, 9.17) is 0 Å². The zero-order valence-corrected chi connectivity index (χ0v) is 8.35. The third-order valence-electron chi connectivity index (χ3n) is 1.97. The normalized spacial score (nSPS) is 10.8. The van der Waals surface area contributed by atoms with Gasteiger partial charge in [0.15, 0.2) is 0 Å². The number of rotatable bonds is 1. The molecule has 0 amide bonds. The Morgan fingerprint density at radius 2 is 2.33 bits per heavy atom. The molecule has 0 radical (unpaired) electrons. The van der Waals surface area contributed by atoms with Crippen molar-refractivity contribution >= 4 is 27.0 Å². The molecule has 1 N–H and O–H groups in total. The molecule has 2 nitrogen and oxygen atoms in total. The fraction of sp³-hybridized carbons (Fsp3) is 0.222. The zero-order chi connectivity index (χ0) is 8.55. The van der Waals surface area contributed by atoms with Crippen LogP contribution >= 0.6 is 15.9 Å². The van der Waals surface area contributed by atoms with E-state index in [1.54, 1.807) is 0 Å². The maximum atomic E-state index is 4.31. The highest BCUT2D eigenvalue weighted by atomic mass is 79.9. The molecule has 0 fully saturated rings. The van der Waals surface area contributed by atoms with E-state index in [9.17, 15) is 0 Å². The lowest BCUT2D eigenvalue weighted by Gasteiger charge is -1.92. The summed E-state index contributed by atoms with van der Waals surface area (Å²) >= 11 is 3.33. The quantitative estimate of drug-likeness (QED) is 0.742. The van der Waals surface area contributed by atoms with Gasteiger partial charge in [-0.15, -0.1) is 0 Å². The number of H-pyrrole nitrogens is 1. The number of nitrogens with zero attached hydrogens (tertiary/aromatic N) is 1. The van der Waals surface area contributed by atoms with Gasteiger partial charge in [-0.1, -0.05) is 6.92 Å². The molecule has 0 atom stereocenters. The Labute approximate surface area is 79.1 Å². The number of halogens is 1. The minimum Gasteiger partial charge on any atom is -0.346 e. The topological polar surface area (TPSA) is 28.7 Å². The molecule has 0 bridgehead atoms. The second kappa shape index (κ2) is 2.90. The van der Waals surface area contributed by atoms with Crippen molar-refractivity contribution < 1.29 is 0 Å². The fourth-order valence-electron chi connectivity index (χ4n) is 1.33. The Hall–Kier alpha value is -0.830. The summed E-state index contributed by atoms with van der Waals surface area (Å²) in [6.07, 6.45) is 3.06. The highest BCUT2D eigenvalue weighted by Crippen LogP contribution is 2.19. The van der Waals surface area contributed by atoms with Crippen LogP contribution in [0.5, 0.6) is 0 Å². The number of fused-ring (bicyclic) bond motifs is 1. The number of hydrogen-bond donors (Lipinski definition) is 1. The summed E-state index contributed by atoms with van der Waals surface area (Å²) in [5.41, 5.74) is 2.28. The largest absolute Gasteiger partial charge is 0.346 e. The molecule has 62 valence electrons. The average molecular weight is 225 g/mol. The number of aromatic amines is 1. The first-order valence-corrected chi connectivity index (χ1v) is 4.73. The van der Waals surface area contributed by atoms with E-state index in [1.807, 2.05) is 12.3 Å². The minimum atomic E-state index is 0.875. The predicted molar refractivity (Wildman–Crippen MR) is 53.2 cm³/mol. The summed E-state index contributed by atoms with van der Waals surface area (Å²) in [6, 6.07) is 4.05. The predicted octanol–water partition coefficient (Wildman–Crippen LogP) is 2.89. The Kier molecular flexibility index (Phi) is 1.89. The van der Waals surface area contributed by atoms with Crippen LogP contribution in [0.4, 0.5) is 0 Å². The van der Waals surface area contributed by atoms with Gasteiger partial charge in [0.25, 0.3) is 0 Å². The standard InChI is InChI=1S/C9H9BrN2/c1-2-6-5-11-9-7(6)3-4-8(10)12-9/h3-5H,2H2,1H3,(H,11,12). The van der Waals surface area contributed by atoms with Crippen LogP contribution < -0.4 is 0 Å². The van der Waals surface area contributed by atoms with Crippen molar-refractivity contribution in [3.05, 3.63) is 28.5 Å². The molecule has 0 unspecified atom stereocenters. The number of pyridine rings is 1. The molecule has 2 aromatic heterocycles. The first-order chi connectivity index (χ1) is 5.81. The van der Waals surface area contributed by atoms with Crippen LogP contribution in [0.25, 0.3) is 11.0 Å². The lowest BCUT2D eigenvalue weighted by atomic mass is 10.2. The van der Waals surface area contributed by atoms with Crippen LogP contribution in [-0.2, 0) is 6.42 Å². The lowest BCUT2D eigenvalue weighted by Crippen LogP contribution is -1.78. The van der Waals surface area contributed by atoms with Gasteiger partial charge in [0, 0.05) is 11.6 Å². The Bertz CT molecular complexity index is 406. The molecule has 0 aliphatic heterocycles. The van der Waals surface area contributed by atoms with Crippen LogP contribution in [0.1, 0.15) is 12.5 Å². The molecule has 0 aliphatic rings. The maximum Gasteiger partial charge on any atom is 0.138 e. The van der Waals surface area contributed by atoms with Gasteiger partial charge in [-0.2, -0.15) is 0 Å². The van der Waals surface area contributed by atoms with E-state index in [2.05, 4.69) is 38.9 Å².